The predicted octanol–water partition coefficient (Wildman–Crippen LogP) is 3.86. The van der Waals surface area contributed by atoms with Crippen LogP contribution in [0, 0.1) is 0 Å². The second kappa shape index (κ2) is 9.00. The molecule has 0 aromatic carbocycles. The fourth-order valence-electron chi connectivity index (χ4n) is 2.67. The molecule has 0 unspecified atom stereocenters. The molecular weight excluding hydrogens is 196 g/mol. The van der Waals surface area contributed by atoms with Crippen molar-refractivity contribution in [1.82, 2.24) is 5.01 Å². The van der Waals surface area contributed by atoms with Crippen molar-refractivity contribution in [3.63, 3.8) is 0 Å². The Morgan fingerprint density at radius 1 is 0.938 bits per heavy atom. The summed E-state index contributed by atoms with van der Waals surface area (Å²) in [6.07, 6.45) is 15.0. The lowest BCUT2D eigenvalue weighted by Gasteiger charge is -2.30. The summed E-state index contributed by atoms with van der Waals surface area (Å²) in [5.74, 6) is 6.12. The Bertz CT molecular complexity index is 153. The molecule has 1 saturated carbocycles. The normalized spacial score (nSPS) is 18.2. The molecule has 2 heteroatoms. The van der Waals surface area contributed by atoms with E-state index in [-0.39, 0.29) is 0 Å². The SMILES string of the molecule is CCCCCCCCN(N)C1CCCCC1. The van der Waals surface area contributed by atoms with Crippen LogP contribution in [0.25, 0.3) is 0 Å². The molecule has 0 aromatic rings. The van der Waals surface area contributed by atoms with Crippen molar-refractivity contribution in [2.24, 2.45) is 5.84 Å². The van der Waals surface area contributed by atoms with Crippen molar-refractivity contribution >= 4 is 0 Å². The van der Waals surface area contributed by atoms with Crippen LogP contribution in [0.3, 0.4) is 0 Å². The summed E-state index contributed by atoms with van der Waals surface area (Å²) in [5, 5.41) is 2.12. The molecule has 1 aliphatic carbocycles. The molecule has 1 rings (SSSR count). The van der Waals surface area contributed by atoms with Gasteiger partial charge in [-0.3, -0.25) is 5.84 Å². The first-order valence-electron chi connectivity index (χ1n) is 7.36. The zero-order valence-electron chi connectivity index (χ0n) is 11.1. The van der Waals surface area contributed by atoms with Gasteiger partial charge in [0.1, 0.15) is 0 Å². The average Bonchev–Trinajstić information content (AvgIpc) is 2.34. The predicted molar refractivity (Wildman–Crippen MR) is 71.1 cm³/mol. The van der Waals surface area contributed by atoms with Crippen LogP contribution in [-0.2, 0) is 0 Å². The zero-order chi connectivity index (χ0) is 11.6. The fourth-order valence-corrected chi connectivity index (χ4v) is 2.67. The van der Waals surface area contributed by atoms with E-state index in [0.29, 0.717) is 6.04 Å². The largest absolute Gasteiger partial charge is 0.269 e. The first kappa shape index (κ1) is 14.0. The molecule has 0 radical (unpaired) electrons. The summed E-state index contributed by atoms with van der Waals surface area (Å²) in [4.78, 5) is 0. The molecule has 2 nitrogen and oxygen atoms in total. The Hall–Kier alpha value is -0.0800. The lowest BCUT2D eigenvalue weighted by atomic mass is 9.95. The topological polar surface area (TPSA) is 29.3 Å². The third-order valence-corrected chi connectivity index (χ3v) is 3.81. The van der Waals surface area contributed by atoms with Gasteiger partial charge in [0.05, 0.1) is 0 Å². The number of hydrogen-bond acceptors (Lipinski definition) is 2. The number of hydrogen-bond donors (Lipinski definition) is 1. The molecule has 16 heavy (non-hydrogen) atoms. The van der Waals surface area contributed by atoms with Crippen LogP contribution in [0.1, 0.15) is 77.6 Å². The highest BCUT2D eigenvalue weighted by molar-refractivity contribution is 4.72. The quantitative estimate of drug-likeness (QED) is 0.387. The minimum atomic E-state index is 0.685. The number of nitrogens with two attached hydrogens (primary N) is 1. The van der Waals surface area contributed by atoms with Crippen LogP contribution in [0.5, 0.6) is 0 Å². The van der Waals surface area contributed by atoms with Crippen molar-refractivity contribution in [3.8, 4) is 0 Å². The summed E-state index contributed by atoms with van der Waals surface area (Å²) in [6, 6.07) is 0.685. The molecule has 0 amide bonds. The van der Waals surface area contributed by atoms with Crippen molar-refractivity contribution in [3.05, 3.63) is 0 Å². The standard InChI is InChI=1S/C14H30N2/c1-2-3-4-5-6-10-13-16(15)14-11-8-7-9-12-14/h14H,2-13,15H2,1H3. The van der Waals surface area contributed by atoms with E-state index in [9.17, 15) is 0 Å². The van der Waals surface area contributed by atoms with Gasteiger partial charge in [0.25, 0.3) is 0 Å². The average molecular weight is 226 g/mol. The van der Waals surface area contributed by atoms with Crippen molar-refractivity contribution < 1.29 is 0 Å². The van der Waals surface area contributed by atoms with E-state index in [1.54, 1.807) is 0 Å². The highest BCUT2D eigenvalue weighted by Gasteiger charge is 2.17. The van der Waals surface area contributed by atoms with Gasteiger partial charge in [-0.1, -0.05) is 58.3 Å². The maximum absolute atomic E-state index is 6.12. The monoisotopic (exact) mass is 226 g/mol. The minimum absolute atomic E-state index is 0.685. The van der Waals surface area contributed by atoms with Gasteiger partial charge in [-0.25, -0.2) is 5.01 Å². The Balaban J connectivity index is 1.94. The molecule has 96 valence electrons. The molecule has 0 aromatic heterocycles. The molecule has 0 bridgehead atoms. The molecule has 0 aliphatic heterocycles. The van der Waals surface area contributed by atoms with Crippen LogP contribution < -0.4 is 5.84 Å². The molecule has 0 spiro atoms. The third-order valence-electron chi connectivity index (χ3n) is 3.81. The summed E-state index contributed by atoms with van der Waals surface area (Å²) in [5.41, 5.74) is 0. The van der Waals surface area contributed by atoms with Crippen LogP contribution in [0.4, 0.5) is 0 Å². The second-order valence-electron chi connectivity index (χ2n) is 5.30. The number of hydrazine groups is 1. The summed E-state index contributed by atoms with van der Waals surface area (Å²) in [7, 11) is 0. The highest BCUT2D eigenvalue weighted by Crippen LogP contribution is 2.21. The van der Waals surface area contributed by atoms with E-state index >= 15 is 0 Å². The Morgan fingerprint density at radius 2 is 1.56 bits per heavy atom. The molecule has 1 fully saturated rings. The van der Waals surface area contributed by atoms with E-state index in [4.69, 9.17) is 5.84 Å². The number of unbranched alkanes of at least 4 members (excludes halogenated alkanes) is 5. The van der Waals surface area contributed by atoms with Gasteiger partial charge in [-0.2, -0.15) is 0 Å². The van der Waals surface area contributed by atoms with E-state index < -0.39 is 0 Å². The molecule has 0 heterocycles. The number of nitrogens with zero attached hydrogens (tertiary/aromatic N) is 1. The van der Waals surface area contributed by atoms with E-state index in [1.807, 2.05) is 0 Å². The van der Waals surface area contributed by atoms with E-state index in [2.05, 4.69) is 11.9 Å². The van der Waals surface area contributed by atoms with Crippen LogP contribution >= 0.6 is 0 Å². The molecule has 2 N–H and O–H groups in total. The summed E-state index contributed by atoms with van der Waals surface area (Å²) in [6.45, 7) is 3.38. The van der Waals surface area contributed by atoms with Gasteiger partial charge in [0, 0.05) is 12.6 Å². The van der Waals surface area contributed by atoms with Gasteiger partial charge in [0.15, 0.2) is 0 Å². The van der Waals surface area contributed by atoms with E-state index in [1.165, 1.54) is 70.6 Å². The molecular formula is C14H30N2. The van der Waals surface area contributed by atoms with Gasteiger partial charge in [0.2, 0.25) is 0 Å². The van der Waals surface area contributed by atoms with E-state index in [0.717, 1.165) is 6.54 Å². The van der Waals surface area contributed by atoms with Gasteiger partial charge >= 0.3 is 0 Å². The Labute approximate surface area is 102 Å². The Morgan fingerprint density at radius 3 is 2.25 bits per heavy atom. The third kappa shape index (κ3) is 5.86. The maximum Gasteiger partial charge on any atom is 0.0241 e. The summed E-state index contributed by atoms with van der Waals surface area (Å²) < 4.78 is 0. The van der Waals surface area contributed by atoms with Crippen LogP contribution in [-0.4, -0.2) is 17.6 Å². The summed E-state index contributed by atoms with van der Waals surface area (Å²) >= 11 is 0. The van der Waals surface area contributed by atoms with Crippen LogP contribution in [0.15, 0.2) is 0 Å². The Kier molecular flexibility index (Phi) is 7.87. The first-order valence-corrected chi connectivity index (χ1v) is 7.36. The molecule has 1 aliphatic rings. The molecule has 0 saturated heterocycles. The minimum Gasteiger partial charge on any atom is -0.269 e. The van der Waals surface area contributed by atoms with Crippen molar-refractivity contribution in [2.75, 3.05) is 6.54 Å². The lowest BCUT2D eigenvalue weighted by Crippen LogP contribution is -2.42. The highest BCUT2D eigenvalue weighted by atomic mass is 15.4. The second-order valence-corrected chi connectivity index (χ2v) is 5.30. The number of rotatable bonds is 8. The first-order chi connectivity index (χ1) is 7.84. The fraction of sp³-hybridized carbons (Fsp3) is 1.00. The van der Waals surface area contributed by atoms with Crippen molar-refractivity contribution in [2.45, 2.75) is 83.6 Å². The van der Waals surface area contributed by atoms with Crippen molar-refractivity contribution in [1.29, 1.82) is 0 Å². The van der Waals surface area contributed by atoms with Crippen LogP contribution in [0.2, 0.25) is 0 Å². The zero-order valence-corrected chi connectivity index (χ0v) is 11.1. The van der Waals surface area contributed by atoms with Gasteiger partial charge < -0.3 is 0 Å². The lowest BCUT2D eigenvalue weighted by molar-refractivity contribution is 0.155. The smallest absolute Gasteiger partial charge is 0.0241 e. The maximum atomic E-state index is 6.12. The van der Waals surface area contributed by atoms with Gasteiger partial charge in [-0.15, -0.1) is 0 Å². The van der Waals surface area contributed by atoms with Gasteiger partial charge in [-0.05, 0) is 19.3 Å². The molecule has 0 atom stereocenters.